The minimum atomic E-state index is -0.545. The number of nitrogens with zero attached hydrogens (tertiary/aromatic N) is 2. The lowest BCUT2D eigenvalue weighted by atomic mass is 10.2. The summed E-state index contributed by atoms with van der Waals surface area (Å²) in [5.74, 6) is 1.61. The first kappa shape index (κ1) is 17.0. The Kier molecular flexibility index (Phi) is 5.91. The van der Waals surface area contributed by atoms with E-state index in [-0.39, 0.29) is 0 Å². The molecule has 0 spiro atoms. The Bertz CT molecular complexity index is 607. The second kappa shape index (κ2) is 8.33. The number of benzene rings is 1. The summed E-state index contributed by atoms with van der Waals surface area (Å²) in [4.78, 5) is 4.69. The predicted octanol–water partition coefficient (Wildman–Crippen LogP) is 2.32. The number of aliphatic hydroxyl groups excluding tert-OH is 1. The quantitative estimate of drug-likeness (QED) is 0.844. The zero-order valence-corrected chi connectivity index (χ0v) is 14.2. The molecule has 0 aliphatic carbocycles. The van der Waals surface area contributed by atoms with Crippen LogP contribution in [0, 0.1) is 6.92 Å². The van der Waals surface area contributed by atoms with Crippen LogP contribution in [-0.2, 0) is 0 Å². The second-order valence-electron chi connectivity index (χ2n) is 6.29. The van der Waals surface area contributed by atoms with Crippen molar-refractivity contribution in [1.29, 1.82) is 0 Å². The molecule has 1 aliphatic rings. The maximum atomic E-state index is 10.2. The third kappa shape index (κ3) is 4.60. The third-order valence-corrected chi connectivity index (χ3v) is 4.53. The molecule has 1 aromatic heterocycles. The molecule has 1 fully saturated rings. The molecule has 2 heterocycles. The van der Waals surface area contributed by atoms with Gasteiger partial charge in [0.1, 0.15) is 24.2 Å². The van der Waals surface area contributed by atoms with Gasteiger partial charge >= 0.3 is 0 Å². The predicted molar refractivity (Wildman–Crippen MR) is 93.2 cm³/mol. The van der Waals surface area contributed by atoms with E-state index in [9.17, 15) is 5.11 Å². The van der Waals surface area contributed by atoms with Gasteiger partial charge in [-0.15, -0.1) is 0 Å². The van der Waals surface area contributed by atoms with Gasteiger partial charge in [0.05, 0.1) is 6.26 Å². The van der Waals surface area contributed by atoms with E-state index in [1.807, 2.05) is 30.3 Å². The molecule has 24 heavy (non-hydrogen) atoms. The Morgan fingerprint density at radius 2 is 1.83 bits per heavy atom. The van der Waals surface area contributed by atoms with E-state index in [0.29, 0.717) is 18.9 Å². The van der Waals surface area contributed by atoms with Crippen molar-refractivity contribution in [2.45, 2.75) is 13.0 Å². The molecule has 130 valence electrons. The molecular formula is C19H26N2O3. The monoisotopic (exact) mass is 330 g/mol. The van der Waals surface area contributed by atoms with E-state index in [0.717, 1.165) is 38.5 Å². The van der Waals surface area contributed by atoms with Crippen LogP contribution in [0.25, 0.3) is 0 Å². The van der Waals surface area contributed by atoms with E-state index in [4.69, 9.17) is 9.15 Å². The lowest BCUT2D eigenvalue weighted by Crippen LogP contribution is -2.48. The van der Waals surface area contributed by atoms with Crippen LogP contribution < -0.4 is 4.74 Å². The van der Waals surface area contributed by atoms with Crippen molar-refractivity contribution in [3.8, 4) is 5.75 Å². The SMILES string of the molecule is Cc1ccccc1OCCN1CCN(C[C@H](O)c2ccco2)CC1. The summed E-state index contributed by atoms with van der Waals surface area (Å²) in [6.07, 6.45) is 1.06. The van der Waals surface area contributed by atoms with Gasteiger partial charge in [0.15, 0.2) is 0 Å². The van der Waals surface area contributed by atoms with E-state index in [1.165, 1.54) is 5.56 Å². The summed E-state index contributed by atoms with van der Waals surface area (Å²) in [6.45, 7) is 8.26. The van der Waals surface area contributed by atoms with Crippen molar-refractivity contribution in [2.24, 2.45) is 0 Å². The first-order valence-electron chi connectivity index (χ1n) is 8.57. The van der Waals surface area contributed by atoms with Crippen molar-refractivity contribution in [1.82, 2.24) is 9.80 Å². The van der Waals surface area contributed by atoms with Crippen LogP contribution in [0.5, 0.6) is 5.75 Å². The fraction of sp³-hybridized carbons (Fsp3) is 0.474. The number of furan rings is 1. The third-order valence-electron chi connectivity index (χ3n) is 4.53. The van der Waals surface area contributed by atoms with Crippen molar-refractivity contribution < 1.29 is 14.3 Å². The Morgan fingerprint density at radius 3 is 2.54 bits per heavy atom. The van der Waals surface area contributed by atoms with Crippen LogP contribution in [0.1, 0.15) is 17.4 Å². The van der Waals surface area contributed by atoms with Gasteiger partial charge in [0.2, 0.25) is 0 Å². The highest BCUT2D eigenvalue weighted by atomic mass is 16.5. The van der Waals surface area contributed by atoms with Crippen molar-refractivity contribution in [3.63, 3.8) is 0 Å². The summed E-state index contributed by atoms with van der Waals surface area (Å²) < 4.78 is 11.1. The number of para-hydroxylation sites is 1. The Balaban J connectivity index is 1.35. The average Bonchev–Trinajstić information content (AvgIpc) is 3.13. The van der Waals surface area contributed by atoms with Crippen LogP contribution in [-0.4, -0.2) is 60.8 Å². The van der Waals surface area contributed by atoms with Crippen molar-refractivity contribution >= 4 is 0 Å². The van der Waals surface area contributed by atoms with Gasteiger partial charge in [-0.3, -0.25) is 9.80 Å². The highest BCUT2D eigenvalue weighted by Gasteiger charge is 2.20. The van der Waals surface area contributed by atoms with Crippen LogP contribution in [0.2, 0.25) is 0 Å². The van der Waals surface area contributed by atoms with Crippen LogP contribution in [0.4, 0.5) is 0 Å². The van der Waals surface area contributed by atoms with Crippen LogP contribution in [0.3, 0.4) is 0 Å². The molecule has 1 aliphatic heterocycles. The number of rotatable bonds is 7. The summed E-state index contributed by atoms with van der Waals surface area (Å²) in [7, 11) is 0. The first-order valence-corrected chi connectivity index (χ1v) is 8.57. The Labute approximate surface area is 143 Å². The van der Waals surface area contributed by atoms with Gasteiger partial charge in [0.25, 0.3) is 0 Å². The molecule has 5 heteroatoms. The summed E-state index contributed by atoms with van der Waals surface area (Å²) in [5, 5.41) is 10.2. The van der Waals surface area contributed by atoms with E-state index >= 15 is 0 Å². The smallest absolute Gasteiger partial charge is 0.133 e. The minimum Gasteiger partial charge on any atom is -0.492 e. The molecule has 1 saturated heterocycles. The van der Waals surface area contributed by atoms with Crippen molar-refractivity contribution in [2.75, 3.05) is 45.9 Å². The summed E-state index contributed by atoms with van der Waals surface area (Å²) >= 11 is 0. The van der Waals surface area contributed by atoms with Crippen LogP contribution >= 0.6 is 0 Å². The van der Waals surface area contributed by atoms with E-state index in [1.54, 1.807) is 6.26 Å². The number of hydrogen-bond donors (Lipinski definition) is 1. The number of aliphatic hydroxyl groups is 1. The number of aryl methyl sites for hydroxylation is 1. The largest absolute Gasteiger partial charge is 0.492 e. The number of hydrogen-bond acceptors (Lipinski definition) is 5. The summed E-state index contributed by atoms with van der Waals surface area (Å²) in [6, 6.07) is 11.8. The number of piperazine rings is 1. The maximum Gasteiger partial charge on any atom is 0.133 e. The van der Waals surface area contributed by atoms with Gasteiger partial charge < -0.3 is 14.3 Å². The lowest BCUT2D eigenvalue weighted by molar-refractivity contribution is 0.0580. The molecule has 0 bridgehead atoms. The molecule has 0 unspecified atom stereocenters. The second-order valence-corrected chi connectivity index (χ2v) is 6.29. The molecule has 1 aromatic carbocycles. The number of β-amino-alcohol motifs (C(OH)–C–C–N with tert-alkyl or cyclic N) is 1. The molecule has 5 nitrogen and oxygen atoms in total. The molecule has 0 radical (unpaired) electrons. The Morgan fingerprint density at radius 1 is 1.08 bits per heavy atom. The highest BCUT2D eigenvalue weighted by Crippen LogP contribution is 2.17. The molecular weight excluding hydrogens is 304 g/mol. The molecule has 1 N–H and O–H groups in total. The van der Waals surface area contributed by atoms with Crippen LogP contribution in [0.15, 0.2) is 47.1 Å². The van der Waals surface area contributed by atoms with Gasteiger partial charge in [-0.25, -0.2) is 0 Å². The van der Waals surface area contributed by atoms with Gasteiger partial charge in [0, 0.05) is 39.3 Å². The molecule has 3 rings (SSSR count). The van der Waals surface area contributed by atoms with Gasteiger partial charge in [-0.05, 0) is 30.7 Å². The zero-order chi connectivity index (χ0) is 16.8. The fourth-order valence-corrected chi connectivity index (χ4v) is 3.01. The summed E-state index contributed by atoms with van der Waals surface area (Å²) in [5.41, 5.74) is 1.18. The lowest BCUT2D eigenvalue weighted by Gasteiger charge is -2.35. The molecule has 2 aromatic rings. The average molecular weight is 330 g/mol. The van der Waals surface area contributed by atoms with E-state index in [2.05, 4.69) is 22.8 Å². The van der Waals surface area contributed by atoms with Crippen molar-refractivity contribution in [3.05, 3.63) is 54.0 Å². The molecule has 0 saturated carbocycles. The maximum absolute atomic E-state index is 10.2. The first-order chi connectivity index (χ1) is 11.7. The normalized spacial score (nSPS) is 17.8. The minimum absolute atomic E-state index is 0.545. The topological polar surface area (TPSA) is 49.1 Å². The van der Waals surface area contributed by atoms with Gasteiger partial charge in [-0.1, -0.05) is 18.2 Å². The van der Waals surface area contributed by atoms with Gasteiger partial charge in [-0.2, -0.15) is 0 Å². The molecule has 0 amide bonds. The zero-order valence-electron chi connectivity index (χ0n) is 14.2. The fourth-order valence-electron chi connectivity index (χ4n) is 3.01. The highest BCUT2D eigenvalue weighted by molar-refractivity contribution is 5.31. The Hall–Kier alpha value is -1.82. The molecule has 1 atom stereocenters. The number of ether oxygens (including phenoxy) is 1. The van der Waals surface area contributed by atoms with E-state index < -0.39 is 6.10 Å². The standard InChI is InChI=1S/C19H26N2O3/c1-16-5-2-3-6-18(16)24-14-12-20-8-10-21(11-9-20)15-17(22)19-7-4-13-23-19/h2-7,13,17,22H,8-12,14-15H2,1H3/t17-/m0/s1.